The molecule has 0 aromatic carbocycles. The minimum Gasteiger partial charge on any atom is -0.316 e. The second-order valence-electron chi connectivity index (χ2n) is 7.03. The zero-order chi connectivity index (χ0) is 12.1. The van der Waals surface area contributed by atoms with Crippen LogP contribution in [0, 0.1) is 11.3 Å². The molecule has 0 amide bonds. The van der Waals surface area contributed by atoms with Gasteiger partial charge in [0, 0.05) is 8.07 Å². The predicted molar refractivity (Wildman–Crippen MR) is 74.3 cm³/mol. The molecule has 0 saturated heterocycles. The quantitative estimate of drug-likeness (QED) is 0.536. The molecule has 15 heavy (non-hydrogen) atoms. The van der Waals surface area contributed by atoms with Crippen molar-refractivity contribution in [3.05, 3.63) is 0 Å². The van der Waals surface area contributed by atoms with Crippen LogP contribution in [0.5, 0.6) is 0 Å². The van der Waals surface area contributed by atoms with Crippen LogP contribution < -0.4 is 5.32 Å². The topological polar surface area (TPSA) is 12.0 Å². The maximum Gasteiger partial charge on any atom is 0.0446 e. The Balaban J connectivity index is 4.21. The van der Waals surface area contributed by atoms with E-state index in [-0.39, 0.29) is 0 Å². The van der Waals surface area contributed by atoms with Gasteiger partial charge in [-0.15, -0.1) is 0 Å². The van der Waals surface area contributed by atoms with Gasteiger partial charge in [-0.3, -0.25) is 0 Å². The van der Waals surface area contributed by atoms with Crippen molar-refractivity contribution in [3.63, 3.8) is 0 Å². The van der Waals surface area contributed by atoms with Crippen LogP contribution in [0.2, 0.25) is 25.7 Å². The van der Waals surface area contributed by atoms with Gasteiger partial charge in [-0.05, 0) is 30.8 Å². The number of hydrogen-bond donors (Lipinski definition) is 1. The van der Waals surface area contributed by atoms with E-state index in [1.807, 2.05) is 0 Å². The smallest absolute Gasteiger partial charge is 0.0446 e. The first-order chi connectivity index (χ1) is 6.67. The van der Waals surface area contributed by atoms with E-state index < -0.39 is 8.07 Å². The van der Waals surface area contributed by atoms with E-state index in [0.717, 1.165) is 12.5 Å². The highest BCUT2D eigenvalue weighted by Crippen LogP contribution is 2.32. The molecule has 0 radical (unpaired) electrons. The summed E-state index contributed by atoms with van der Waals surface area (Å²) in [5.74, 6) is 0.829. The summed E-state index contributed by atoms with van der Waals surface area (Å²) < 4.78 is 0. The van der Waals surface area contributed by atoms with Crippen LogP contribution in [-0.4, -0.2) is 21.2 Å². The molecule has 1 N–H and O–H groups in total. The van der Waals surface area contributed by atoms with E-state index in [9.17, 15) is 0 Å². The molecule has 92 valence electrons. The van der Waals surface area contributed by atoms with Crippen LogP contribution in [-0.2, 0) is 0 Å². The van der Waals surface area contributed by atoms with Gasteiger partial charge in [-0.1, -0.05) is 53.4 Å². The molecule has 0 heterocycles. The number of nitrogens with one attached hydrogen (secondary N) is 1. The lowest BCUT2D eigenvalue weighted by Crippen LogP contribution is -2.37. The van der Waals surface area contributed by atoms with Gasteiger partial charge in [-0.2, -0.15) is 0 Å². The highest BCUT2D eigenvalue weighted by Gasteiger charge is 2.29. The van der Waals surface area contributed by atoms with Gasteiger partial charge in [0.15, 0.2) is 0 Å². The van der Waals surface area contributed by atoms with E-state index in [1.54, 1.807) is 0 Å². The van der Waals surface area contributed by atoms with E-state index >= 15 is 0 Å². The summed E-state index contributed by atoms with van der Waals surface area (Å²) in [6, 6.07) is 1.44. The molecule has 0 spiro atoms. The molecule has 1 nitrogen and oxygen atoms in total. The summed E-state index contributed by atoms with van der Waals surface area (Å²) in [5.41, 5.74) is 0.445. The van der Waals surface area contributed by atoms with Crippen molar-refractivity contribution in [2.75, 3.05) is 13.1 Å². The van der Waals surface area contributed by atoms with Crippen molar-refractivity contribution < 1.29 is 0 Å². The minimum atomic E-state index is -0.930. The second-order valence-corrected chi connectivity index (χ2v) is 12.6. The van der Waals surface area contributed by atoms with Crippen molar-refractivity contribution >= 4 is 8.07 Å². The fourth-order valence-electron chi connectivity index (χ4n) is 1.88. The Morgan fingerprint density at radius 3 is 2.00 bits per heavy atom. The monoisotopic (exact) mass is 229 g/mol. The third-order valence-electron chi connectivity index (χ3n) is 2.90. The normalized spacial score (nSPS) is 15.4. The van der Waals surface area contributed by atoms with Crippen molar-refractivity contribution in [2.45, 2.75) is 59.8 Å². The number of hydrogen-bond acceptors (Lipinski definition) is 1. The Morgan fingerprint density at radius 2 is 1.67 bits per heavy atom. The maximum atomic E-state index is 3.59. The Bertz CT molecular complexity index is 164. The lowest BCUT2D eigenvalue weighted by molar-refractivity contribution is 0.251. The van der Waals surface area contributed by atoms with Gasteiger partial charge in [0.2, 0.25) is 0 Å². The summed E-state index contributed by atoms with van der Waals surface area (Å²) in [6.45, 7) is 19.2. The van der Waals surface area contributed by atoms with Crippen molar-refractivity contribution in [1.29, 1.82) is 0 Å². The fourth-order valence-corrected chi connectivity index (χ4v) is 4.11. The molecule has 1 atom stereocenters. The summed E-state index contributed by atoms with van der Waals surface area (Å²) in [4.78, 5) is 0. The summed E-state index contributed by atoms with van der Waals surface area (Å²) in [6.07, 6.45) is 1.24. The van der Waals surface area contributed by atoms with Gasteiger partial charge in [0.05, 0.1) is 0 Å². The molecule has 0 aliphatic heterocycles. The summed E-state index contributed by atoms with van der Waals surface area (Å²) >= 11 is 0. The first kappa shape index (κ1) is 15.2. The zero-order valence-corrected chi connectivity index (χ0v) is 12.9. The van der Waals surface area contributed by atoms with Gasteiger partial charge >= 0.3 is 0 Å². The summed E-state index contributed by atoms with van der Waals surface area (Å²) in [5, 5.41) is 3.59. The summed E-state index contributed by atoms with van der Waals surface area (Å²) in [7, 11) is -0.930. The molecule has 0 fully saturated rings. The van der Waals surface area contributed by atoms with E-state index in [4.69, 9.17) is 0 Å². The van der Waals surface area contributed by atoms with Crippen molar-refractivity contribution in [3.8, 4) is 0 Å². The molecule has 0 aromatic heterocycles. The van der Waals surface area contributed by atoms with E-state index in [1.165, 1.54) is 19.0 Å². The molecule has 0 saturated carbocycles. The van der Waals surface area contributed by atoms with Crippen LogP contribution in [0.25, 0.3) is 0 Å². The average molecular weight is 229 g/mol. The fraction of sp³-hybridized carbons (Fsp3) is 1.00. The van der Waals surface area contributed by atoms with E-state index in [2.05, 4.69) is 52.7 Å². The standard InChI is InChI=1S/C13H31NSi/c1-8-9-14-10-12(13(2,3)4)11-15(5,6)7/h12,14H,8-11H2,1-7H3. The average Bonchev–Trinajstić information content (AvgIpc) is 1.99. The van der Waals surface area contributed by atoms with Crippen LogP contribution in [0.3, 0.4) is 0 Å². The van der Waals surface area contributed by atoms with Gasteiger partial charge < -0.3 is 5.32 Å². The molecule has 2 heteroatoms. The molecule has 0 aliphatic carbocycles. The molecule has 1 unspecified atom stereocenters. The Morgan fingerprint density at radius 1 is 1.13 bits per heavy atom. The van der Waals surface area contributed by atoms with Crippen LogP contribution in [0.4, 0.5) is 0 Å². The van der Waals surface area contributed by atoms with Gasteiger partial charge in [0.25, 0.3) is 0 Å². The molecule has 0 aromatic rings. The first-order valence-electron chi connectivity index (χ1n) is 6.37. The lowest BCUT2D eigenvalue weighted by Gasteiger charge is -2.35. The molecule has 0 bridgehead atoms. The maximum absolute atomic E-state index is 3.59. The molecule has 0 aliphatic rings. The van der Waals surface area contributed by atoms with Gasteiger partial charge in [0.1, 0.15) is 0 Å². The van der Waals surface area contributed by atoms with Crippen LogP contribution in [0.15, 0.2) is 0 Å². The first-order valence-corrected chi connectivity index (χ1v) is 10.1. The van der Waals surface area contributed by atoms with Gasteiger partial charge in [-0.25, -0.2) is 0 Å². The largest absolute Gasteiger partial charge is 0.316 e. The third-order valence-corrected chi connectivity index (χ3v) is 4.62. The zero-order valence-electron chi connectivity index (χ0n) is 11.9. The lowest BCUT2D eigenvalue weighted by atomic mass is 9.82. The van der Waals surface area contributed by atoms with Crippen LogP contribution >= 0.6 is 0 Å². The molecular formula is C13H31NSi. The van der Waals surface area contributed by atoms with E-state index in [0.29, 0.717) is 5.41 Å². The second kappa shape index (κ2) is 6.05. The molecule has 0 rings (SSSR count). The number of rotatable bonds is 6. The highest BCUT2D eigenvalue weighted by molar-refractivity contribution is 6.76. The minimum absolute atomic E-state index is 0.445. The Kier molecular flexibility index (Phi) is 6.12. The van der Waals surface area contributed by atoms with Crippen LogP contribution in [0.1, 0.15) is 34.1 Å². The Hall–Kier alpha value is 0.177. The predicted octanol–water partition coefficient (Wildman–Crippen LogP) is 3.99. The van der Waals surface area contributed by atoms with Crippen molar-refractivity contribution in [2.24, 2.45) is 11.3 Å². The third kappa shape index (κ3) is 8.03. The van der Waals surface area contributed by atoms with Crippen molar-refractivity contribution in [1.82, 2.24) is 5.32 Å². The molecular weight excluding hydrogens is 198 g/mol. The SMILES string of the molecule is CCCNCC(C[Si](C)(C)C)C(C)(C)C. The highest BCUT2D eigenvalue weighted by atomic mass is 28.3. The Labute approximate surface area is 98.0 Å².